The van der Waals surface area contributed by atoms with Crippen LogP contribution in [0.25, 0.3) is 0 Å². The first-order chi connectivity index (χ1) is 9.33. The molecule has 0 saturated carbocycles. The minimum atomic E-state index is -0.198. The van der Waals surface area contributed by atoms with Gasteiger partial charge in [-0.25, -0.2) is 0 Å². The lowest BCUT2D eigenvalue weighted by Crippen LogP contribution is -2.22. The summed E-state index contributed by atoms with van der Waals surface area (Å²) in [5, 5.41) is 0.411. The molecule has 0 aliphatic heterocycles. The third-order valence-electron chi connectivity index (χ3n) is 2.47. The molecular weight excluding hydrogens is 280 g/mol. The van der Waals surface area contributed by atoms with E-state index in [1.807, 2.05) is 20.8 Å². The summed E-state index contributed by atoms with van der Waals surface area (Å²) in [7, 11) is 1.53. The van der Waals surface area contributed by atoms with Crippen molar-refractivity contribution in [1.29, 1.82) is 0 Å². The summed E-state index contributed by atoms with van der Waals surface area (Å²) < 4.78 is 15.8. The van der Waals surface area contributed by atoms with Gasteiger partial charge < -0.3 is 14.2 Å². The Morgan fingerprint density at radius 1 is 1.25 bits per heavy atom. The highest BCUT2D eigenvalue weighted by molar-refractivity contribution is 6.32. The molecule has 0 saturated heterocycles. The highest BCUT2D eigenvalue weighted by Crippen LogP contribution is 2.25. The number of carbonyl (C=O) groups excluding carboxylic acids is 1. The van der Waals surface area contributed by atoms with Gasteiger partial charge in [-0.05, 0) is 39.0 Å². The van der Waals surface area contributed by atoms with Gasteiger partial charge in [0.2, 0.25) is 0 Å². The first-order valence-electron chi connectivity index (χ1n) is 6.42. The van der Waals surface area contributed by atoms with Crippen LogP contribution in [0, 0.1) is 0 Å². The molecule has 0 unspecified atom stereocenters. The van der Waals surface area contributed by atoms with Gasteiger partial charge in [0.15, 0.2) is 5.78 Å². The number of ether oxygens (including phenoxy) is 3. The van der Waals surface area contributed by atoms with Crippen LogP contribution in [0.5, 0.6) is 5.75 Å². The smallest absolute Gasteiger partial charge is 0.188 e. The first-order valence-corrected chi connectivity index (χ1v) is 6.80. The van der Waals surface area contributed by atoms with Gasteiger partial charge in [0, 0.05) is 5.56 Å². The van der Waals surface area contributed by atoms with Crippen LogP contribution in [0.3, 0.4) is 0 Å². The molecule has 112 valence electrons. The third kappa shape index (κ3) is 5.90. The van der Waals surface area contributed by atoms with E-state index in [1.165, 1.54) is 7.11 Å². The zero-order chi connectivity index (χ0) is 15.2. The fourth-order valence-corrected chi connectivity index (χ4v) is 1.75. The number of methoxy groups -OCH3 is 1. The van der Waals surface area contributed by atoms with Crippen molar-refractivity contribution in [3.8, 4) is 5.75 Å². The van der Waals surface area contributed by atoms with E-state index in [2.05, 4.69) is 0 Å². The van der Waals surface area contributed by atoms with Gasteiger partial charge in [-0.1, -0.05) is 11.6 Å². The molecule has 20 heavy (non-hydrogen) atoms. The molecule has 0 N–H and O–H groups in total. The van der Waals surface area contributed by atoms with Crippen LogP contribution in [0.4, 0.5) is 0 Å². The molecule has 0 fully saturated rings. The predicted molar refractivity (Wildman–Crippen MR) is 78.9 cm³/mol. The molecular formula is C15H21ClO4. The van der Waals surface area contributed by atoms with E-state index in [0.29, 0.717) is 29.5 Å². The van der Waals surface area contributed by atoms with E-state index in [9.17, 15) is 4.79 Å². The summed E-state index contributed by atoms with van der Waals surface area (Å²) in [5.41, 5.74) is 0.309. The van der Waals surface area contributed by atoms with E-state index in [-0.39, 0.29) is 18.0 Å². The van der Waals surface area contributed by atoms with Crippen molar-refractivity contribution in [3.63, 3.8) is 0 Å². The average molecular weight is 301 g/mol. The second kappa shape index (κ2) is 7.62. The van der Waals surface area contributed by atoms with Crippen LogP contribution in [-0.4, -0.2) is 38.3 Å². The Bertz CT molecular complexity index is 452. The van der Waals surface area contributed by atoms with Gasteiger partial charge in [0.25, 0.3) is 0 Å². The molecule has 1 rings (SSSR count). The lowest BCUT2D eigenvalue weighted by atomic mass is 10.1. The molecule has 0 atom stereocenters. The minimum Gasteiger partial charge on any atom is -0.495 e. The zero-order valence-corrected chi connectivity index (χ0v) is 13.1. The zero-order valence-electron chi connectivity index (χ0n) is 12.4. The number of halogens is 1. The van der Waals surface area contributed by atoms with E-state index in [4.69, 9.17) is 25.8 Å². The van der Waals surface area contributed by atoms with Crippen LogP contribution < -0.4 is 4.74 Å². The number of hydrogen-bond donors (Lipinski definition) is 0. The molecule has 5 heteroatoms. The van der Waals surface area contributed by atoms with Crippen LogP contribution in [-0.2, 0) is 9.47 Å². The van der Waals surface area contributed by atoms with Crippen molar-refractivity contribution in [1.82, 2.24) is 0 Å². The van der Waals surface area contributed by atoms with Gasteiger partial charge in [0.1, 0.15) is 12.4 Å². The maximum absolute atomic E-state index is 11.9. The van der Waals surface area contributed by atoms with E-state index in [1.54, 1.807) is 18.2 Å². The molecule has 0 spiro atoms. The third-order valence-corrected chi connectivity index (χ3v) is 2.77. The summed E-state index contributed by atoms with van der Waals surface area (Å²) in [6.07, 6.45) is 0. The van der Waals surface area contributed by atoms with Gasteiger partial charge in [-0.15, -0.1) is 0 Å². The maximum atomic E-state index is 11.9. The highest BCUT2D eigenvalue weighted by Gasteiger charge is 2.11. The quantitative estimate of drug-likeness (QED) is 0.572. The standard InChI is InChI=1S/C15H21ClO4/c1-15(2,3)20-8-7-19-10-13(17)11-5-6-14(18-4)12(16)9-11/h5-6,9H,7-8,10H2,1-4H3. The normalized spacial score (nSPS) is 11.4. The summed E-state index contributed by atoms with van der Waals surface area (Å²) in [6, 6.07) is 4.91. The number of carbonyl (C=O) groups is 1. The van der Waals surface area contributed by atoms with Crippen molar-refractivity contribution in [2.45, 2.75) is 26.4 Å². The number of Topliss-reactive ketones (excluding diaryl/α,β-unsaturated/α-hetero) is 1. The molecule has 0 amide bonds. The first kappa shape index (κ1) is 17.0. The van der Waals surface area contributed by atoms with Crippen LogP contribution >= 0.6 is 11.6 Å². The molecule has 0 heterocycles. The van der Waals surface area contributed by atoms with Gasteiger partial charge in [-0.2, -0.15) is 0 Å². The Balaban J connectivity index is 2.38. The van der Waals surface area contributed by atoms with Crippen molar-refractivity contribution in [2.75, 3.05) is 26.9 Å². The number of hydrogen-bond acceptors (Lipinski definition) is 4. The average Bonchev–Trinajstić information content (AvgIpc) is 2.36. The molecule has 0 radical (unpaired) electrons. The highest BCUT2D eigenvalue weighted by atomic mass is 35.5. The molecule has 1 aromatic rings. The summed E-state index contributed by atoms with van der Waals surface area (Å²) in [6.45, 7) is 6.76. The Kier molecular flexibility index (Phi) is 6.46. The Labute approximate surface area is 125 Å². The topological polar surface area (TPSA) is 44.8 Å². The summed E-state index contributed by atoms with van der Waals surface area (Å²) >= 11 is 5.97. The second-order valence-corrected chi connectivity index (χ2v) is 5.69. The van der Waals surface area contributed by atoms with Crippen molar-refractivity contribution in [3.05, 3.63) is 28.8 Å². The van der Waals surface area contributed by atoms with Crippen LogP contribution in [0.1, 0.15) is 31.1 Å². The molecule has 4 nitrogen and oxygen atoms in total. The van der Waals surface area contributed by atoms with E-state index < -0.39 is 0 Å². The number of rotatable bonds is 7. The fraction of sp³-hybridized carbons (Fsp3) is 0.533. The van der Waals surface area contributed by atoms with E-state index >= 15 is 0 Å². The monoisotopic (exact) mass is 300 g/mol. The van der Waals surface area contributed by atoms with Gasteiger partial charge >= 0.3 is 0 Å². The van der Waals surface area contributed by atoms with Gasteiger partial charge in [0.05, 0.1) is 30.9 Å². The molecule has 1 aromatic carbocycles. The maximum Gasteiger partial charge on any atom is 0.188 e. The minimum absolute atomic E-state index is 0.0101. The Morgan fingerprint density at radius 3 is 2.50 bits per heavy atom. The predicted octanol–water partition coefficient (Wildman–Crippen LogP) is 3.36. The summed E-state index contributed by atoms with van der Waals surface area (Å²) in [4.78, 5) is 11.9. The number of benzene rings is 1. The second-order valence-electron chi connectivity index (χ2n) is 5.29. The van der Waals surface area contributed by atoms with Crippen LogP contribution in [0.15, 0.2) is 18.2 Å². The summed E-state index contributed by atoms with van der Waals surface area (Å²) in [5.74, 6) is 0.424. The van der Waals surface area contributed by atoms with E-state index in [0.717, 1.165) is 0 Å². The molecule has 0 bridgehead atoms. The lowest BCUT2D eigenvalue weighted by Gasteiger charge is -2.19. The Morgan fingerprint density at radius 2 is 1.95 bits per heavy atom. The Hall–Kier alpha value is -1.10. The SMILES string of the molecule is COc1ccc(C(=O)COCCOC(C)(C)C)cc1Cl. The fourth-order valence-electron chi connectivity index (χ4n) is 1.49. The van der Waals surface area contributed by atoms with Crippen molar-refractivity contribution >= 4 is 17.4 Å². The van der Waals surface area contributed by atoms with Crippen molar-refractivity contribution in [2.24, 2.45) is 0 Å². The number of ketones is 1. The van der Waals surface area contributed by atoms with Gasteiger partial charge in [-0.3, -0.25) is 4.79 Å². The molecule has 0 aliphatic rings. The van der Waals surface area contributed by atoms with Crippen LogP contribution in [0.2, 0.25) is 5.02 Å². The lowest BCUT2D eigenvalue weighted by molar-refractivity contribution is -0.0324. The largest absolute Gasteiger partial charge is 0.495 e. The molecule has 0 aromatic heterocycles. The van der Waals surface area contributed by atoms with Crippen molar-refractivity contribution < 1.29 is 19.0 Å². The molecule has 0 aliphatic carbocycles.